The van der Waals surface area contributed by atoms with Gasteiger partial charge in [0.1, 0.15) is 18.3 Å². The molecule has 0 spiro atoms. The van der Waals surface area contributed by atoms with Gasteiger partial charge in [-0.15, -0.1) is 0 Å². The first-order valence-electron chi connectivity index (χ1n) is 14.8. The van der Waals surface area contributed by atoms with Gasteiger partial charge < -0.3 is 15.0 Å². The molecule has 1 N–H and O–H groups in total. The summed E-state index contributed by atoms with van der Waals surface area (Å²) < 4.78 is 35.2. The van der Waals surface area contributed by atoms with Gasteiger partial charge in [0, 0.05) is 17.6 Å². The molecular weight excluding hydrogens is 586 g/mol. The number of hydrogen-bond acceptors (Lipinski definition) is 5. The Kier molecular flexibility index (Phi) is 11.1. The van der Waals surface area contributed by atoms with Crippen molar-refractivity contribution < 1.29 is 22.7 Å². The van der Waals surface area contributed by atoms with Crippen LogP contribution in [-0.4, -0.2) is 50.4 Å². The summed E-state index contributed by atoms with van der Waals surface area (Å²) in [6.07, 6.45) is 4.28. The first-order valence-corrected chi connectivity index (χ1v) is 16.6. The number of carbonyl (C=O) groups is 2. The van der Waals surface area contributed by atoms with Crippen molar-refractivity contribution in [1.29, 1.82) is 0 Å². The molecule has 1 saturated carbocycles. The minimum atomic E-state index is -4.20. The van der Waals surface area contributed by atoms with Crippen LogP contribution in [0.15, 0.2) is 77.7 Å². The molecule has 10 heteroatoms. The second-order valence-corrected chi connectivity index (χ2v) is 13.1. The fourth-order valence-electron chi connectivity index (χ4n) is 5.37. The summed E-state index contributed by atoms with van der Waals surface area (Å²) in [4.78, 5) is 29.4. The van der Waals surface area contributed by atoms with E-state index in [2.05, 4.69) is 5.32 Å². The standard InChI is InChI=1S/C33H40ClN3O5S/c1-4-29(33(39)35-27-10-6-7-11-27)36(22-25-16-18-26(34)19-17-25)32(38)23-37(30-12-8-9-13-31(30)42-5-2)43(40,41)28-20-14-24(3)15-21-28/h8-9,12-21,27,29H,4-7,10-11,22-23H2,1-3H3,(H,35,39)/t29-/m1/s1. The van der Waals surface area contributed by atoms with Crippen LogP contribution in [0.5, 0.6) is 5.75 Å². The third-order valence-electron chi connectivity index (χ3n) is 7.68. The number of nitrogens with zero attached hydrogens (tertiary/aromatic N) is 2. The Morgan fingerprint density at radius 3 is 2.26 bits per heavy atom. The average Bonchev–Trinajstić information content (AvgIpc) is 3.50. The lowest BCUT2D eigenvalue weighted by Gasteiger charge is -2.34. The number of aryl methyl sites for hydroxylation is 1. The van der Waals surface area contributed by atoms with Gasteiger partial charge >= 0.3 is 0 Å². The molecule has 3 aromatic carbocycles. The van der Waals surface area contributed by atoms with Crippen LogP contribution in [-0.2, 0) is 26.2 Å². The Morgan fingerprint density at radius 1 is 0.977 bits per heavy atom. The second kappa shape index (κ2) is 14.8. The van der Waals surface area contributed by atoms with Crippen LogP contribution in [0.2, 0.25) is 5.02 Å². The number of carbonyl (C=O) groups excluding carboxylic acids is 2. The molecule has 2 amide bonds. The summed E-state index contributed by atoms with van der Waals surface area (Å²) in [5.74, 6) is -0.409. The molecule has 0 radical (unpaired) electrons. The lowest BCUT2D eigenvalue weighted by atomic mass is 10.1. The number of anilines is 1. The Morgan fingerprint density at radius 2 is 1.63 bits per heavy atom. The average molecular weight is 626 g/mol. The fraction of sp³-hybridized carbons (Fsp3) is 0.394. The summed E-state index contributed by atoms with van der Waals surface area (Å²) in [5.41, 5.74) is 1.92. The number of halogens is 1. The van der Waals surface area contributed by atoms with E-state index in [0.717, 1.165) is 41.1 Å². The largest absolute Gasteiger partial charge is 0.492 e. The quantitative estimate of drug-likeness (QED) is 0.247. The van der Waals surface area contributed by atoms with Crippen LogP contribution in [0, 0.1) is 6.92 Å². The van der Waals surface area contributed by atoms with Crippen LogP contribution >= 0.6 is 11.6 Å². The van der Waals surface area contributed by atoms with Crippen molar-refractivity contribution in [3.8, 4) is 5.75 Å². The Hall–Kier alpha value is -3.56. The summed E-state index contributed by atoms with van der Waals surface area (Å²) >= 11 is 6.11. The molecule has 1 atom stereocenters. The smallest absolute Gasteiger partial charge is 0.264 e. The zero-order valence-electron chi connectivity index (χ0n) is 25.0. The van der Waals surface area contributed by atoms with E-state index in [4.69, 9.17) is 16.3 Å². The molecule has 8 nitrogen and oxygen atoms in total. The highest BCUT2D eigenvalue weighted by atomic mass is 35.5. The number of amides is 2. The van der Waals surface area contributed by atoms with E-state index in [0.29, 0.717) is 23.8 Å². The summed E-state index contributed by atoms with van der Waals surface area (Å²) in [5, 5.41) is 3.68. The molecule has 0 unspecified atom stereocenters. The van der Waals surface area contributed by atoms with E-state index in [1.54, 1.807) is 60.7 Å². The van der Waals surface area contributed by atoms with Crippen LogP contribution in [0.1, 0.15) is 57.1 Å². The van der Waals surface area contributed by atoms with Crippen molar-refractivity contribution >= 4 is 39.1 Å². The van der Waals surface area contributed by atoms with Crippen LogP contribution in [0.4, 0.5) is 5.69 Å². The van der Waals surface area contributed by atoms with Crippen molar-refractivity contribution in [2.75, 3.05) is 17.5 Å². The van der Waals surface area contributed by atoms with Gasteiger partial charge in [0.2, 0.25) is 11.8 Å². The van der Waals surface area contributed by atoms with Gasteiger partial charge in [-0.3, -0.25) is 13.9 Å². The van der Waals surface area contributed by atoms with E-state index in [1.807, 2.05) is 20.8 Å². The van der Waals surface area contributed by atoms with Gasteiger partial charge in [0.15, 0.2) is 0 Å². The SMILES string of the molecule is CCOc1ccccc1N(CC(=O)N(Cc1ccc(Cl)cc1)[C@H](CC)C(=O)NC1CCCC1)S(=O)(=O)c1ccc(C)cc1. The maximum atomic E-state index is 14.3. The lowest BCUT2D eigenvalue weighted by molar-refractivity contribution is -0.140. The van der Waals surface area contributed by atoms with Crippen LogP contribution < -0.4 is 14.4 Å². The number of hydrogen-bond donors (Lipinski definition) is 1. The van der Waals surface area contributed by atoms with Gasteiger partial charge in [-0.05, 0) is 75.1 Å². The van der Waals surface area contributed by atoms with Crippen molar-refractivity contribution in [3.63, 3.8) is 0 Å². The van der Waals surface area contributed by atoms with Crippen molar-refractivity contribution in [2.45, 2.75) is 76.4 Å². The lowest BCUT2D eigenvalue weighted by Crippen LogP contribution is -2.53. The van der Waals surface area contributed by atoms with Gasteiger partial charge in [-0.25, -0.2) is 8.42 Å². The number of ether oxygens (including phenoxy) is 1. The second-order valence-electron chi connectivity index (χ2n) is 10.8. The minimum Gasteiger partial charge on any atom is -0.492 e. The van der Waals surface area contributed by atoms with Gasteiger partial charge in [0.25, 0.3) is 10.0 Å². The highest BCUT2D eigenvalue weighted by molar-refractivity contribution is 7.92. The van der Waals surface area contributed by atoms with E-state index >= 15 is 0 Å². The zero-order chi connectivity index (χ0) is 31.0. The highest BCUT2D eigenvalue weighted by Gasteiger charge is 2.35. The molecular formula is C33H40ClN3O5S. The summed E-state index contributed by atoms with van der Waals surface area (Å²) in [6, 6.07) is 19.6. The molecule has 0 bridgehead atoms. The van der Waals surface area contributed by atoms with Gasteiger partial charge in [0.05, 0.1) is 17.2 Å². The molecule has 0 heterocycles. The van der Waals surface area contributed by atoms with E-state index < -0.39 is 28.5 Å². The van der Waals surface area contributed by atoms with Gasteiger partial charge in [-0.1, -0.05) is 73.3 Å². The minimum absolute atomic E-state index is 0.0486. The number of rotatable bonds is 13. The van der Waals surface area contributed by atoms with Crippen molar-refractivity contribution in [3.05, 3.63) is 88.9 Å². The first-order chi connectivity index (χ1) is 20.6. The molecule has 0 aromatic heterocycles. The molecule has 43 heavy (non-hydrogen) atoms. The molecule has 230 valence electrons. The number of nitrogens with one attached hydrogen (secondary N) is 1. The van der Waals surface area contributed by atoms with Crippen molar-refractivity contribution in [2.24, 2.45) is 0 Å². The summed E-state index contributed by atoms with van der Waals surface area (Å²) in [7, 11) is -4.20. The Labute approximate surface area is 260 Å². The molecule has 1 aliphatic carbocycles. The maximum absolute atomic E-state index is 14.3. The monoisotopic (exact) mass is 625 g/mol. The summed E-state index contributed by atoms with van der Waals surface area (Å²) in [6.45, 7) is 5.43. The predicted octanol–water partition coefficient (Wildman–Crippen LogP) is 6.11. The van der Waals surface area contributed by atoms with Crippen LogP contribution in [0.3, 0.4) is 0 Å². The normalized spacial score (nSPS) is 14.2. The first kappa shape index (κ1) is 32.4. The number of sulfonamides is 1. The number of para-hydroxylation sites is 2. The predicted molar refractivity (Wildman–Crippen MR) is 170 cm³/mol. The Balaban J connectivity index is 1.75. The molecule has 0 saturated heterocycles. The third kappa shape index (κ3) is 8.09. The van der Waals surface area contributed by atoms with E-state index in [1.165, 1.54) is 17.0 Å². The number of benzene rings is 3. The van der Waals surface area contributed by atoms with Crippen molar-refractivity contribution in [1.82, 2.24) is 10.2 Å². The third-order valence-corrected chi connectivity index (χ3v) is 9.70. The molecule has 0 aliphatic heterocycles. The zero-order valence-corrected chi connectivity index (χ0v) is 26.5. The van der Waals surface area contributed by atoms with Gasteiger partial charge in [-0.2, -0.15) is 0 Å². The van der Waals surface area contributed by atoms with E-state index in [9.17, 15) is 18.0 Å². The fourth-order valence-corrected chi connectivity index (χ4v) is 6.92. The molecule has 4 rings (SSSR count). The Bertz CT molecular complexity index is 1490. The maximum Gasteiger partial charge on any atom is 0.264 e. The van der Waals surface area contributed by atoms with Crippen LogP contribution in [0.25, 0.3) is 0 Å². The molecule has 1 fully saturated rings. The van der Waals surface area contributed by atoms with E-state index in [-0.39, 0.29) is 29.1 Å². The molecule has 3 aromatic rings. The molecule has 1 aliphatic rings. The highest BCUT2D eigenvalue weighted by Crippen LogP contribution is 2.33. The topological polar surface area (TPSA) is 96.0 Å².